The highest BCUT2D eigenvalue weighted by Gasteiger charge is 2.08. The van der Waals surface area contributed by atoms with Crippen LogP contribution in [0.5, 0.6) is 0 Å². The van der Waals surface area contributed by atoms with Gasteiger partial charge in [0.2, 0.25) is 5.91 Å². The van der Waals surface area contributed by atoms with Crippen LogP contribution in [0.2, 0.25) is 0 Å². The number of aromatic nitrogens is 1. The zero-order valence-corrected chi connectivity index (χ0v) is 12.7. The van der Waals surface area contributed by atoms with Crippen molar-refractivity contribution in [1.82, 2.24) is 4.98 Å². The number of carbonyl (C=O) groups excluding carboxylic acids is 1. The SMILES string of the molecule is CCOCCOCCC(=O)Nc1nc2ccc(N)cc2s1. The zero-order valence-electron chi connectivity index (χ0n) is 11.9. The Morgan fingerprint density at radius 3 is 2.95 bits per heavy atom. The lowest BCUT2D eigenvalue weighted by atomic mass is 10.3. The van der Waals surface area contributed by atoms with E-state index in [9.17, 15) is 4.79 Å². The molecule has 0 fully saturated rings. The summed E-state index contributed by atoms with van der Waals surface area (Å²) in [5.74, 6) is -0.113. The molecule has 0 aliphatic heterocycles. The number of amides is 1. The van der Waals surface area contributed by atoms with Crippen LogP contribution < -0.4 is 11.1 Å². The average Bonchev–Trinajstić information content (AvgIpc) is 2.83. The van der Waals surface area contributed by atoms with E-state index in [1.165, 1.54) is 11.3 Å². The van der Waals surface area contributed by atoms with Gasteiger partial charge in [0.25, 0.3) is 0 Å². The Bertz CT molecular complexity index is 600. The topological polar surface area (TPSA) is 86.5 Å². The van der Waals surface area contributed by atoms with Crippen LogP contribution in [0.3, 0.4) is 0 Å². The molecule has 21 heavy (non-hydrogen) atoms. The first-order valence-corrected chi connectivity index (χ1v) is 7.62. The van der Waals surface area contributed by atoms with Crippen LogP contribution in [0.25, 0.3) is 10.2 Å². The second kappa shape index (κ2) is 7.92. The first kappa shape index (κ1) is 15.7. The predicted octanol–water partition coefficient (Wildman–Crippen LogP) is 2.26. The van der Waals surface area contributed by atoms with Gasteiger partial charge >= 0.3 is 0 Å². The minimum absolute atomic E-state index is 0.113. The van der Waals surface area contributed by atoms with Crippen molar-refractivity contribution in [2.24, 2.45) is 0 Å². The number of nitrogen functional groups attached to an aromatic ring is 1. The minimum Gasteiger partial charge on any atom is -0.399 e. The number of hydrogen-bond donors (Lipinski definition) is 2. The number of nitrogens with one attached hydrogen (secondary N) is 1. The molecule has 0 bridgehead atoms. The zero-order chi connectivity index (χ0) is 15.1. The molecule has 7 heteroatoms. The number of ether oxygens (including phenoxy) is 2. The molecule has 0 aliphatic rings. The van der Waals surface area contributed by atoms with Crippen molar-refractivity contribution in [3.05, 3.63) is 18.2 Å². The summed E-state index contributed by atoms with van der Waals surface area (Å²) in [7, 11) is 0. The Hall–Kier alpha value is -1.70. The molecule has 2 aromatic rings. The molecule has 0 aliphatic carbocycles. The van der Waals surface area contributed by atoms with Gasteiger partial charge in [-0.05, 0) is 25.1 Å². The highest BCUT2D eigenvalue weighted by Crippen LogP contribution is 2.27. The summed E-state index contributed by atoms with van der Waals surface area (Å²) in [5, 5.41) is 3.35. The fourth-order valence-corrected chi connectivity index (χ4v) is 2.64. The number of nitrogens with two attached hydrogens (primary N) is 1. The Labute approximate surface area is 127 Å². The molecular formula is C14H19N3O3S. The Kier molecular flexibility index (Phi) is 5.91. The number of hydrogen-bond acceptors (Lipinski definition) is 6. The van der Waals surface area contributed by atoms with E-state index in [0.717, 1.165) is 10.2 Å². The smallest absolute Gasteiger partial charge is 0.228 e. The van der Waals surface area contributed by atoms with Gasteiger partial charge in [0.15, 0.2) is 5.13 Å². The lowest BCUT2D eigenvalue weighted by Gasteiger charge is -2.04. The van der Waals surface area contributed by atoms with Crippen molar-refractivity contribution >= 4 is 38.3 Å². The Balaban J connectivity index is 1.76. The third-order valence-electron chi connectivity index (χ3n) is 2.71. The maximum atomic E-state index is 11.8. The average molecular weight is 309 g/mol. The predicted molar refractivity (Wildman–Crippen MR) is 84.6 cm³/mol. The van der Waals surface area contributed by atoms with Gasteiger partial charge in [-0.15, -0.1) is 0 Å². The maximum absolute atomic E-state index is 11.8. The number of benzene rings is 1. The lowest BCUT2D eigenvalue weighted by molar-refractivity contribution is -0.117. The second-order valence-corrected chi connectivity index (χ2v) is 5.38. The van der Waals surface area contributed by atoms with Crippen molar-refractivity contribution in [1.29, 1.82) is 0 Å². The van der Waals surface area contributed by atoms with Crippen molar-refractivity contribution in [2.45, 2.75) is 13.3 Å². The molecule has 0 saturated heterocycles. The molecule has 3 N–H and O–H groups in total. The number of nitrogens with zero attached hydrogens (tertiary/aromatic N) is 1. The fraction of sp³-hybridized carbons (Fsp3) is 0.429. The summed E-state index contributed by atoms with van der Waals surface area (Å²) in [4.78, 5) is 16.1. The summed E-state index contributed by atoms with van der Waals surface area (Å²) in [6, 6.07) is 5.48. The normalized spacial score (nSPS) is 10.9. The van der Waals surface area contributed by atoms with E-state index in [1.54, 1.807) is 6.07 Å². The standard InChI is InChI=1S/C14H19N3O3S/c1-2-19-7-8-20-6-5-13(18)17-14-16-11-4-3-10(15)9-12(11)21-14/h3-4,9H,2,5-8,15H2,1H3,(H,16,17,18). The first-order chi connectivity index (χ1) is 10.2. The van der Waals surface area contributed by atoms with Gasteiger partial charge in [-0.3, -0.25) is 4.79 Å². The van der Waals surface area contributed by atoms with Gasteiger partial charge in [-0.2, -0.15) is 0 Å². The van der Waals surface area contributed by atoms with E-state index < -0.39 is 0 Å². The molecule has 1 aromatic heterocycles. The molecule has 6 nitrogen and oxygen atoms in total. The number of anilines is 2. The van der Waals surface area contributed by atoms with Gasteiger partial charge in [-0.25, -0.2) is 4.98 Å². The van der Waals surface area contributed by atoms with Crippen LogP contribution >= 0.6 is 11.3 Å². The van der Waals surface area contributed by atoms with Gasteiger partial charge in [0.1, 0.15) is 0 Å². The number of carbonyl (C=O) groups is 1. The van der Waals surface area contributed by atoms with Crippen LogP contribution in [-0.4, -0.2) is 37.3 Å². The molecule has 1 amide bonds. The molecule has 1 heterocycles. The molecule has 2 rings (SSSR count). The third kappa shape index (κ3) is 4.96. The maximum Gasteiger partial charge on any atom is 0.228 e. The van der Waals surface area contributed by atoms with E-state index in [4.69, 9.17) is 15.2 Å². The van der Waals surface area contributed by atoms with Gasteiger partial charge < -0.3 is 20.5 Å². The van der Waals surface area contributed by atoms with Crippen LogP contribution in [0.1, 0.15) is 13.3 Å². The van der Waals surface area contributed by atoms with E-state index in [1.807, 2.05) is 19.1 Å². The monoisotopic (exact) mass is 309 g/mol. The third-order valence-corrected chi connectivity index (χ3v) is 3.64. The number of thiazole rings is 1. The van der Waals surface area contributed by atoms with E-state index >= 15 is 0 Å². The van der Waals surface area contributed by atoms with Gasteiger partial charge in [0.05, 0.1) is 36.5 Å². The first-order valence-electron chi connectivity index (χ1n) is 6.80. The van der Waals surface area contributed by atoms with Crippen LogP contribution in [0.4, 0.5) is 10.8 Å². The van der Waals surface area contributed by atoms with Crippen LogP contribution in [0, 0.1) is 0 Å². The summed E-state index contributed by atoms with van der Waals surface area (Å²) < 4.78 is 11.4. The lowest BCUT2D eigenvalue weighted by Crippen LogP contribution is -2.15. The van der Waals surface area contributed by atoms with Crippen molar-refractivity contribution < 1.29 is 14.3 Å². The summed E-state index contributed by atoms with van der Waals surface area (Å²) in [5.41, 5.74) is 7.23. The molecule has 1 aromatic carbocycles. The summed E-state index contributed by atoms with van der Waals surface area (Å²) in [6.45, 7) is 4.03. The summed E-state index contributed by atoms with van der Waals surface area (Å²) >= 11 is 1.41. The highest BCUT2D eigenvalue weighted by molar-refractivity contribution is 7.22. The highest BCUT2D eigenvalue weighted by atomic mass is 32.1. The van der Waals surface area contributed by atoms with Crippen molar-refractivity contribution in [3.63, 3.8) is 0 Å². The van der Waals surface area contributed by atoms with Crippen molar-refractivity contribution in [2.75, 3.05) is 37.5 Å². The van der Waals surface area contributed by atoms with Crippen molar-refractivity contribution in [3.8, 4) is 0 Å². The van der Waals surface area contributed by atoms with Gasteiger partial charge in [0, 0.05) is 12.3 Å². The molecular weight excluding hydrogens is 290 g/mol. The summed E-state index contributed by atoms with van der Waals surface area (Å²) in [6.07, 6.45) is 0.296. The minimum atomic E-state index is -0.113. The van der Waals surface area contributed by atoms with E-state index in [2.05, 4.69) is 10.3 Å². The van der Waals surface area contributed by atoms with Crippen LogP contribution in [-0.2, 0) is 14.3 Å². The quantitative estimate of drug-likeness (QED) is 0.577. The molecule has 0 spiro atoms. The van der Waals surface area contributed by atoms with E-state index in [0.29, 0.717) is 43.7 Å². The van der Waals surface area contributed by atoms with Gasteiger partial charge in [-0.1, -0.05) is 11.3 Å². The molecule has 114 valence electrons. The molecule has 0 radical (unpaired) electrons. The largest absolute Gasteiger partial charge is 0.399 e. The second-order valence-electron chi connectivity index (χ2n) is 4.35. The fourth-order valence-electron chi connectivity index (χ4n) is 1.71. The molecule has 0 saturated carbocycles. The molecule has 0 unspecified atom stereocenters. The number of rotatable bonds is 8. The van der Waals surface area contributed by atoms with E-state index in [-0.39, 0.29) is 5.91 Å². The number of fused-ring (bicyclic) bond motifs is 1. The Morgan fingerprint density at radius 1 is 1.33 bits per heavy atom. The van der Waals surface area contributed by atoms with Crippen LogP contribution in [0.15, 0.2) is 18.2 Å². The Morgan fingerprint density at radius 2 is 2.14 bits per heavy atom. The molecule has 0 atom stereocenters.